The van der Waals surface area contributed by atoms with E-state index in [1.54, 1.807) is 37.3 Å². The van der Waals surface area contributed by atoms with Crippen molar-refractivity contribution < 1.29 is 53.5 Å². The number of ether oxygens (including phenoxy) is 4. The fraction of sp³-hybridized carbons (Fsp3) is 0.429. The monoisotopic (exact) mass is 752 g/mol. The van der Waals surface area contributed by atoms with Gasteiger partial charge < -0.3 is 49.2 Å². The van der Waals surface area contributed by atoms with Gasteiger partial charge in [0.1, 0.15) is 36.4 Å². The molecule has 5 aromatic rings. The third-order valence-electron chi connectivity index (χ3n) is 9.12. The number of hydrogen-bond donors (Lipinski definition) is 6. The van der Waals surface area contributed by atoms with Gasteiger partial charge in [0.2, 0.25) is 0 Å². The lowest BCUT2D eigenvalue weighted by Gasteiger charge is -2.39. The lowest BCUT2D eigenvalue weighted by atomic mass is 9.91. The largest absolute Gasteiger partial charge is 0.492 e. The Kier molecular flexibility index (Phi) is 10.6. The molecule has 0 spiro atoms. The Balaban J connectivity index is 0.914. The quantitative estimate of drug-likeness (QED) is 0.108. The van der Waals surface area contributed by atoms with Crippen LogP contribution in [0.25, 0.3) is 26.4 Å². The van der Waals surface area contributed by atoms with Crippen molar-refractivity contribution in [2.75, 3.05) is 56.7 Å². The first kappa shape index (κ1) is 36.7. The minimum absolute atomic E-state index is 0.123. The number of carbonyl (C=O) groups is 2. The molecule has 2 aromatic carbocycles. The number of urea groups is 1. The molecular formula is C35H40N6O11S. The van der Waals surface area contributed by atoms with E-state index in [2.05, 4.69) is 25.1 Å². The number of aliphatic carboxylic acids is 1. The molecule has 6 N–H and O–H groups in total. The van der Waals surface area contributed by atoms with Crippen LogP contribution < -0.4 is 15.4 Å². The fourth-order valence-electron chi connectivity index (χ4n) is 6.04. The Morgan fingerprint density at radius 2 is 1.79 bits per heavy atom. The second-order valence-electron chi connectivity index (χ2n) is 13.5. The average Bonchev–Trinajstić information content (AvgIpc) is 3.87. The third kappa shape index (κ3) is 8.14. The second-order valence-corrected chi connectivity index (χ2v) is 14.5. The number of carboxylic acid groups (broad SMARTS) is 1. The van der Waals surface area contributed by atoms with Crippen LogP contribution in [0.15, 0.2) is 59.3 Å². The molecule has 0 saturated carbocycles. The molecule has 17 nitrogen and oxygen atoms in total. The van der Waals surface area contributed by atoms with E-state index >= 15 is 0 Å². The lowest BCUT2D eigenvalue weighted by molar-refractivity contribution is -0.296. The molecule has 2 aliphatic rings. The summed E-state index contributed by atoms with van der Waals surface area (Å²) in [5.41, 5.74) is 2.36. The van der Waals surface area contributed by atoms with Crippen LogP contribution in [0.4, 0.5) is 16.3 Å². The molecule has 53 heavy (non-hydrogen) atoms. The number of anilines is 2. The van der Waals surface area contributed by atoms with Crippen LogP contribution in [0, 0.1) is 0 Å². The standard InChI is InChI=1S/C35H40N6O11S/c1-35(2,18-50-32-29(44)27(42)28(43)30(51-32)31(45)46)25-16-26(39-52-25)38-33(47)36-20-5-3-19(4-6-20)22-17-41-23-8-7-21(15-24(23)53-34(41)37-22)49-14-11-40-9-12-48-13-10-40/h3-8,15-17,27-30,32,42-44H,9-14,18H2,1-2H3,(H,45,46)(H2,36,38,39,47). The van der Waals surface area contributed by atoms with Gasteiger partial charge in [-0.1, -0.05) is 42.5 Å². The smallest absolute Gasteiger partial charge is 0.335 e. The molecule has 3 aromatic heterocycles. The zero-order valence-corrected chi connectivity index (χ0v) is 29.7. The number of thiazole rings is 1. The summed E-state index contributed by atoms with van der Waals surface area (Å²) in [5.74, 6) is -0.258. The van der Waals surface area contributed by atoms with Crippen molar-refractivity contribution in [3.63, 3.8) is 0 Å². The molecular weight excluding hydrogens is 712 g/mol. The molecule has 282 valence electrons. The molecule has 2 amide bonds. The van der Waals surface area contributed by atoms with Gasteiger partial charge in [-0.3, -0.25) is 14.6 Å². The normalized spacial score (nSPS) is 22.6. The number of rotatable bonds is 12. The van der Waals surface area contributed by atoms with Gasteiger partial charge in [0.25, 0.3) is 0 Å². The van der Waals surface area contributed by atoms with E-state index in [1.165, 1.54) is 6.07 Å². The number of morpholine rings is 1. The predicted octanol–water partition coefficient (Wildman–Crippen LogP) is 2.75. The van der Waals surface area contributed by atoms with Crippen molar-refractivity contribution in [2.24, 2.45) is 0 Å². The molecule has 5 atom stereocenters. The third-order valence-corrected chi connectivity index (χ3v) is 10.1. The van der Waals surface area contributed by atoms with Gasteiger partial charge in [-0.25, -0.2) is 14.6 Å². The molecule has 7 rings (SSSR count). The Morgan fingerprint density at radius 1 is 1.02 bits per heavy atom. The number of nitrogens with one attached hydrogen (secondary N) is 2. The number of nitrogens with zero attached hydrogens (tertiary/aromatic N) is 4. The average molecular weight is 753 g/mol. The van der Waals surface area contributed by atoms with Gasteiger partial charge in [-0.2, -0.15) is 0 Å². The Hall–Kier alpha value is -4.66. The van der Waals surface area contributed by atoms with E-state index in [-0.39, 0.29) is 12.4 Å². The molecule has 0 aliphatic carbocycles. The van der Waals surface area contributed by atoms with Crippen molar-refractivity contribution in [3.8, 4) is 17.0 Å². The molecule has 2 aliphatic heterocycles. The fourth-order valence-corrected chi connectivity index (χ4v) is 7.07. The number of aliphatic hydroxyl groups is 3. The van der Waals surface area contributed by atoms with Crippen LogP contribution in [0.2, 0.25) is 0 Å². The van der Waals surface area contributed by atoms with Crippen LogP contribution >= 0.6 is 11.3 Å². The van der Waals surface area contributed by atoms with Gasteiger partial charge in [0, 0.05) is 48.6 Å². The van der Waals surface area contributed by atoms with E-state index in [9.17, 15) is 30.0 Å². The summed E-state index contributed by atoms with van der Waals surface area (Å²) in [6, 6.07) is 14.3. The number of fused-ring (bicyclic) bond motifs is 3. The van der Waals surface area contributed by atoms with Gasteiger partial charge in [-0.05, 0) is 30.3 Å². The molecule has 5 heterocycles. The highest BCUT2D eigenvalue weighted by molar-refractivity contribution is 7.23. The van der Waals surface area contributed by atoms with Crippen LogP contribution in [0.3, 0.4) is 0 Å². The number of aromatic nitrogens is 3. The Bertz CT molecular complexity index is 2060. The zero-order chi connectivity index (χ0) is 37.3. The SMILES string of the molecule is CC(C)(COC1OC(C(=O)O)C(O)C(O)C1O)c1cc(NC(=O)Nc2ccc(-c3cn4c(n3)sc3cc(OCCN5CCOCC5)ccc34)cc2)no1. The predicted molar refractivity (Wildman–Crippen MR) is 191 cm³/mol. The number of carboxylic acids is 1. The van der Waals surface area contributed by atoms with Crippen molar-refractivity contribution in [1.29, 1.82) is 0 Å². The van der Waals surface area contributed by atoms with Crippen molar-refractivity contribution in [1.82, 2.24) is 19.4 Å². The van der Waals surface area contributed by atoms with Crippen molar-refractivity contribution >= 4 is 50.0 Å². The summed E-state index contributed by atoms with van der Waals surface area (Å²) in [6.07, 6.45) is -6.63. The van der Waals surface area contributed by atoms with Gasteiger partial charge >= 0.3 is 12.0 Å². The molecule has 0 bridgehead atoms. The van der Waals surface area contributed by atoms with E-state index in [0.717, 1.165) is 65.0 Å². The highest BCUT2D eigenvalue weighted by atomic mass is 32.1. The van der Waals surface area contributed by atoms with Crippen LogP contribution in [0.5, 0.6) is 5.75 Å². The molecule has 0 radical (unpaired) electrons. The summed E-state index contributed by atoms with van der Waals surface area (Å²) in [5, 5.41) is 48.7. The van der Waals surface area contributed by atoms with Gasteiger partial charge in [-0.15, -0.1) is 0 Å². The second kappa shape index (κ2) is 15.4. The first-order chi connectivity index (χ1) is 25.4. The minimum Gasteiger partial charge on any atom is -0.492 e. The maximum Gasteiger partial charge on any atom is 0.335 e. The van der Waals surface area contributed by atoms with E-state index in [0.29, 0.717) is 18.1 Å². The molecule has 2 fully saturated rings. The van der Waals surface area contributed by atoms with E-state index in [4.69, 9.17) is 28.5 Å². The summed E-state index contributed by atoms with van der Waals surface area (Å²) in [7, 11) is 0. The first-order valence-electron chi connectivity index (χ1n) is 17.0. The minimum atomic E-state index is -1.83. The maximum atomic E-state index is 12.8. The molecule has 5 unspecified atom stereocenters. The number of imidazole rings is 1. The topological polar surface area (TPSA) is 223 Å². The number of aliphatic hydroxyl groups excluding tert-OH is 3. The molecule has 18 heteroatoms. The molecule has 2 saturated heterocycles. The Morgan fingerprint density at radius 3 is 2.55 bits per heavy atom. The highest BCUT2D eigenvalue weighted by Crippen LogP contribution is 2.33. The van der Waals surface area contributed by atoms with Crippen LogP contribution in [-0.4, -0.2) is 129 Å². The number of benzene rings is 2. The lowest BCUT2D eigenvalue weighted by Crippen LogP contribution is -2.60. The van der Waals surface area contributed by atoms with Gasteiger partial charge in [0.05, 0.1) is 35.7 Å². The van der Waals surface area contributed by atoms with Crippen molar-refractivity contribution in [3.05, 3.63) is 60.5 Å². The highest BCUT2D eigenvalue weighted by Gasteiger charge is 2.48. The number of carbonyl (C=O) groups excluding carboxylic acids is 1. The summed E-state index contributed by atoms with van der Waals surface area (Å²) >= 11 is 1.59. The number of hydrogen-bond acceptors (Lipinski definition) is 14. The summed E-state index contributed by atoms with van der Waals surface area (Å²) in [6.45, 7) is 8.16. The van der Waals surface area contributed by atoms with E-state index < -0.39 is 48.1 Å². The maximum absolute atomic E-state index is 12.8. The van der Waals surface area contributed by atoms with Crippen molar-refractivity contribution in [2.45, 2.75) is 50.0 Å². The summed E-state index contributed by atoms with van der Waals surface area (Å²) < 4.78 is 30.7. The Labute approximate surface area is 306 Å². The zero-order valence-electron chi connectivity index (χ0n) is 28.9. The summed E-state index contributed by atoms with van der Waals surface area (Å²) in [4.78, 5) is 32.2. The van der Waals surface area contributed by atoms with E-state index in [1.807, 2.05) is 36.5 Å². The van der Waals surface area contributed by atoms with Crippen LogP contribution in [-0.2, 0) is 24.4 Å². The first-order valence-corrected chi connectivity index (χ1v) is 17.8. The van der Waals surface area contributed by atoms with Crippen LogP contribution in [0.1, 0.15) is 19.6 Å². The number of amides is 2. The van der Waals surface area contributed by atoms with Gasteiger partial charge in [0.15, 0.2) is 23.2 Å².